The van der Waals surface area contributed by atoms with Crippen LogP contribution in [-0.2, 0) is 16.6 Å². The molecule has 8 heteroatoms. The van der Waals surface area contributed by atoms with Crippen LogP contribution in [0.2, 0.25) is 0 Å². The Morgan fingerprint density at radius 3 is 2.62 bits per heavy atom. The first kappa shape index (κ1) is 16.3. The van der Waals surface area contributed by atoms with Crippen molar-refractivity contribution in [3.05, 3.63) is 39.2 Å². The highest BCUT2D eigenvalue weighted by Gasteiger charge is 2.19. The third kappa shape index (κ3) is 3.76. The number of aryl methyl sites for hydroxylation is 1. The lowest BCUT2D eigenvalue weighted by atomic mass is 10.3. The molecule has 2 aromatic rings. The summed E-state index contributed by atoms with van der Waals surface area (Å²) in [4.78, 5) is 0.863. The molecule has 0 atom stereocenters. The van der Waals surface area contributed by atoms with E-state index in [-0.39, 0.29) is 4.21 Å². The van der Waals surface area contributed by atoms with Gasteiger partial charge in [-0.3, -0.25) is 4.72 Å². The van der Waals surface area contributed by atoms with Gasteiger partial charge in [-0.1, -0.05) is 15.9 Å². The largest absolute Gasteiger partial charge is 0.497 e. The Hall–Kier alpha value is -1.09. The Kier molecular flexibility index (Phi) is 4.92. The van der Waals surface area contributed by atoms with E-state index < -0.39 is 10.0 Å². The van der Waals surface area contributed by atoms with Crippen LogP contribution in [0.5, 0.6) is 5.75 Å². The van der Waals surface area contributed by atoms with Crippen LogP contribution < -0.4 is 15.2 Å². The van der Waals surface area contributed by atoms with Crippen molar-refractivity contribution in [2.24, 2.45) is 5.73 Å². The van der Waals surface area contributed by atoms with Crippen LogP contribution in [-0.4, -0.2) is 15.5 Å². The van der Waals surface area contributed by atoms with Crippen molar-refractivity contribution >= 4 is 43.0 Å². The van der Waals surface area contributed by atoms with Gasteiger partial charge in [0.2, 0.25) is 0 Å². The minimum Gasteiger partial charge on any atom is -0.497 e. The molecule has 0 radical (unpaired) electrons. The van der Waals surface area contributed by atoms with E-state index in [1.807, 2.05) is 6.92 Å². The predicted octanol–water partition coefficient (Wildman–Crippen LogP) is 3.09. The van der Waals surface area contributed by atoms with Gasteiger partial charge in [0.25, 0.3) is 10.0 Å². The number of rotatable bonds is 5. The average molecular weight is 391 g/mol. The molecule has 3 N–H and O–H groups in total. The molecule has 0 aliphatic carbocycles. The van der Waals surface area contributed by atoms with E-state index in [0.29, 0.717) is 18.0 Å². The summed E-state index contributed by atoms with van der Waals surface area (Å²) in [6.45, 7) is 2.18. The number of anilines is 1. The molecule has 2 rings (SSSR count). The van der Waals surface area contributed by atoms with Crippen LogP contribution >= 0.6 is 27.3 Å². The highest BCUT2D eigenvalue weighted by atomic mass is 79.9. The Labute approximate surface area is 136 Å². The van der Waals surface area contributed by atoms with Gasteiger partial charge in [-0.2, -0.15) is 0 Å². The van der Waals surface area contributed by atoms with Gasteiger partial charge in [-0.15, -0.1) is 11.3 Å². The number of thiophene rings is 1. The predicted molar refractivity (Wildman–Crippen MR) is 88.4 cm³/mol. The van der Waals surface area contributed by atoms with Gasteiger partial charge in [0.15, 0.2) is 0 Å². The highest BCUT2D eigenvalue weighted by molar-refractivity contribution is 9.10. The van der Waals surface area contributed by atoms with Gasteiger partial charge in [-0.25, -0.2) is 8.42 Å². The number of methoxy groups -OCH3 is 1. The number of benzene rings is 1. The maximum absolute atomic E-state index is 12.4. The number of hydrogen-bond donors (Lipinski definition) is 2. The van der Waals surface area contributed by atoms with Crippen LogP contribution in [0.15, 0.2) is 32.9 Å². The summed E-state index contributed by atoms with van der Waals surface area (Å²) in [7, 11) is -2.11. The second-order valence-corrected chi connectivity index (χ2v) is 8.32. The number of hydrogen-bond acceptors (Lipinski definition) is 5. The monoisotopic (exact) mass is 390 g/mol. The summed E-state index contributed by atoms with van der Waals surface area (Å²) in [6, 6.07) is 6.67. The smallest absolute Gasteiger partial charge is 0.271 e. The van der Waals surface area contributed by atoms with Gasteiger partial charge in [0.1, 0.15) is 9.96 Å². The molecule has 1 aromatic carbocycles. The van der Waals surface area contributed by atoms with E-state index >= 15 is 0 Å². The van der Waals surface area contributed by atoms with E-state index in [0.717, 1.165) is 14.9 Å². The molecule has 114 valence electrons. The maximum atomic E-state index is 12.4. The summed E-state index contributed by atoms with van der Waals surface area (Å²) in [6.07, 6.45) is 0. The molecule has 21 heavy (non-hydrogen) atoms. The molecular weight excluding hydrogens is 376 g/mol. The Bertz CT molecular complexity index is 757. The minimum absolute atomic E-state index is 0.249. The van der Waals surface area contributed by atoms with Gasteiger partial charge >= 0.3 is 0 Å². The van der Waals surface area contributed by atoms with Crippen LogP contribution in [0, 0.1) is 6.92 Å². The van der Waals surface area contributed by atoms with Gasteiger partial charge in [-0.05, 0) is 30.7 Å². The fourth-order valence-electron chi connectivity index (χ4n) is 1.77. The maximum Gasteiger partial charge on any atom is 0.271 e. The first-order valence-electron chi connectivity index (χ1n) is 6.02. The van der Waals surface area contributed by atoms with E-state index in [4.69, 9.17) is 10.5 Å². The standard InChI is InChI=1S/C13H15BrN2O3S2/c1-8-3-13(20-12(8)7-15)21(17,18)16-10-4-9(14)5-11(6-10)19-2/h3-6,16H,7,15H2,1-2H3. The normalized spacial score (nSPS) is 11.4. The van der Waals surface area contributed by atoms with Crippen molar-refractivity contribution in [3.8, 4) is 5.75 Å². The zero-order valence-corrected chi connectivity index (χ0v) is 14.7. The summed E-state index contributed by atoms with van der Waals surface area (Å²) in [5.41, 5.74) is 6.91. The molecule has 1 heterocycles. The Morgan fingerprint density at radius 1 is 1.33 bits per heavy atom. The van der Waals surface area contributed by atoms with Crippen LogP contribution in [0.4, 0.5) is 5.69 Å². The second-order valence-electron chi connectivity index (χ2n) is 4.36. The van der Waals surface area contributed by atoms with Crippen LogP contribution in [0.25, 0.3) is 0 Å². The van der Waals surface area contributed by atoms with Crippen molar-refractivity contribution in [1.82, 2.24) is 0 Å². The molecule has 0 spiro atoms. The number of halogens is 1. The number of nitrogens with one attached hydrogen (secondary N) is 1. The minimum atomic E-state index is -3.63. The number of sulfonamides is 1. The Balaban J connectivity index is 2.34. The van der Waals surface area contributed by atoms with E-state index in [1.165, 1.54) is 18.4 Å². The topological polar surface area (TPSA) is 81.4 Å². The molecule has 0 saturated heterocycles. The summed E-state index contributed by atoms with van der Waals surface area (Å²) < 4.78 is 33.4. The fourth-order valence-corrected chi connectivity index (χ4v) is 4.75. The van der Waals surface area contributed by atoms with Crippen LogP contribution in [0.1, 0.15) is 10.4 Å². The summed E-state index contributed by atoms with van der Waals surface area (Å²) >= 11 is 4.50. The van der Waals surface area contributed by atoms with Crippen molar-refractivity contribution in [2.45, 2.75) is 17.7 Å². The van der Waals surface area contributed by atoms with E-state index in [1.54, 1.807) is 24.3 Å². The fraction of sp³-hybridized carbons (Fsp3) is 0.231. The molecule has 0 amide bonds. The van der Waals surface area contributed by atoms with Crippen molar-refractivity contribution in [2.75, 3.05) is 11.8 Å². The number of ether oxygens (including phenoxy) is 1. The molecule has 0 aliphatic heterocycles. The summed E-state index contributed by atoms with van der Waals surface area (Å²) in [5, 5.41) is 0. The number of nitrogens with two attached hydrogens (primary N) is 1. The van der Waals surface area contributed by atoms with Crippen molar-refractivity contribution < 1.29 is 13.2 Å². The lowest BCUT2D eigenvalue weighted by Crippen LogP contribution is -2.11. The summed E-state index contributed by atoms with van der Waals surface area (Å²) in [5.74, 6) is 0.562. The van der Waals surface area contributed by atoms with E-state index in [2.05, 4.69) is 20.7 Å². The molecule has 0 saturated carbocycles. The zero-order valence-electron chi connectivity index (χ0n) is 11.5. The van der Waals surface area contributed by atoms with Gasteiger partial charge in [0, 0.05) is 22.0 Å². The van der Waals surface area contributed by atoms with Gasteiger partial charge < -0.3 is 10.5 Å². The highest BCUT2D eigenvalue weighted by Crippen LogP contribution is 2.30. The zero-order chi connectivity index (χ0) is 15.6. The van der Waals surface area contributed by atoms with Gasteiger partial charge in [0.05, 0.1) is 12.8 Å². The molecular formula is C13H15BrN2O3S2. The molecule has 0 fully saturated rings. The SMILES string of the molecule is COc1cc(Br)cc(NS(=O)(=O)c2cc(C)c(CN)s2)c1. The average Bonchev–Trinajstić information content (AvgIpc) is 2.79. The second kappa shape index (κ2) is 6.35. The first-order chi connectivity index (χ1) is 9.85. The quantitative estimate of drug-likeness (QED) is 0.821. The first-order valence-corrected chi connectivity index (χ1v) is 9.12. The lowest BCUT2D eigenvalue weighted by molar-refractivity contribution is 0.415. The molecule has 0 bridgehead atoms. The van der Waals surface area contributed by atoms with Crippen molar-refractivity contribution in [1.29, 1.82) is 0 Å². The van der Waals surface area contributed by atoms with Crippen LogP contribution in [0.3, 0.4) is 0 Å². The third-order valence-electron chi connectivity index (χ3n) is 2.81. The van der Waals surface area contributed by atoms with Crippen molar-refractivity contribution in [3.63, 3.8) is 0 Å². The third-order valence-corrected chi connectivity index (χ3v) is 6.38. The molecule has 0 aliphatic rings. The molecule has 1 aromatic heterocycles. The van der Waals surface area contributed by atoms with E-state index in [9.17, 15) is 8.42 Å². The Morgan fingerprint density at radius 2 is 2.05 bits per heavy atom. The molecule has 5 nitrogen and oxygen atoms in total. The molecule has 0 unspecified atom stereocenters. The lowest BCUT2D eigenvalue weighted by Gasteiger charge is -2.08.